The van der Waals surface area contributed by atoms with Crippen LogP contribution in [0, 0.1) is 24.0 Å². The second-order valence-electron chi connectivity index (χ2n) is 4.73. The average molecular weight is 287 g/mol. The van der Waals surface area contributed by atoms with Crippen molar-refractivity contribution in [1.29, 1.82) is 0 Å². The molecule has 1 aromatic carbocycles. The van der Waals surface area contributed by atoms with Gasteiger partial charge in [0.15, 0.2) is 5.69 Å². The first kappa shape index (κ1) is 14.8. The van der Waals surface area contributed by atoms with E-state index in [4.69, 9.17) is 4.74 Å². The van der Waals surface area contributed by atoms with Crippen LogP contribution in [0.5, 0.6) is 5.75 Å². The molecule has 0 atom stereocenters. The number of hydrogen-bond donors (Lipinski definition) is 1. The van der Waals surface area contributed by atoms with Crippen LogP contribution in [0.3, 0.4) is 0 Å². The molecule has 0 aliphatic carbocycles. The maximum atomic E-state index is 11.3. The van der Waals surface area contributed by atoms with Crippen molar-refractivity contribution in [3.05, 3.63) is 45.5 Å². The van der Waals surface area contributed by atoms with Crippen molar-refractivity contribution in [3.63, 3.8) is 0 Å². The lowest BCUT2D eigenvalue weighted by Crippen LogP contribution is -2.01. The third-order valence-electron chi connectivity index (χ3n) is 3.23. The molecule has 0 aliphatic rings. The zero-order chi connectivity index (χ0) is 15.6. The van der Waals surface area contributed by atoms with Gasteiger partial charge in [-0.15, -0.1) is 0 Å². The lowest BCUT2D eigenvalue weighted by atomic mass is 10.00. The van der Waals surface area contributed by atoms with Crippen LogP contribution in [-0.4, -0.2) is 24.1 Å². The Morgan fingerprint density at radius 3 is 2.57 bits per heavy atom. The molecule has 0 amide bonds. The Morgan fingerprint density at radius 2 is 2.00 bits per heavy atom. The molecule has 0 aliphatic heterocycles. The summed E-state index contributed by atoms with van der Waals surface area (Å²) in [7, 11) is 3.27. The van der Waals surface area contributed by atoms with Gasteiger partial charge in [-0.2, -0.15) is 0 Å². The maximum Gasteiger partial charge on any atom is 0.295 e. The van der Waals surface area contributed by atoms with Crippen molar-refractivity contribution in [2.24, 2.45) is 0 Å². The van der Waals surface area contributed by atoms with Gasteiger partial charge in [0.05, 0.1) is 17.6 Å². The summed E-state index contributed by atoms with van der Waals surface area (Å²) in [5.74, 6) is 1.15. The van der Waals surface area contributed by atoms with E-state index < -0.39 is 4.92 Å². The highest BCUT2D eigenvalue weighted by Crippen LogP contribution is 2.38. The molecule has 1 N–H and O–H groups in total. The predicted molar refractivity (Wildman–Crippen MR) is 81.9 cm³/mol. The summed E-state index contributed by atoms with van der Waals surface area (Å²) in [5, 5.41) is 14.2. The van der Waals surface area contributed by atoms with Crippen molar-refractivity contribution in [2.75, 3.05) is 19.5 Å². The molecule has 6 heteroatoms. The Morgan fingerprint density at radius 1 is 1.29 bits per heavy atom. The molecule has 1 aromatic heterocycles. The van der Waals surface area contributed by atoms with E-state index in [-0.39, 0.29) is 5.69 Å². The number of methoxy groups -OCH3 is 1. The Balaban J connectivity index is 2.79. The fourth-order valence-corrected chi connectivity index (χ4v) is 2.32. The molecule has 2 rings (SSSR count). The van der Waals surface area contributed by atoms with E-state index in [1.54, 1.807) is 20.2 Å². The minimum absolute atomic E-state index is 0.0424. The quantitative estimate of drug-likeness (QED) is 0.689. The van der Waals surface area contributed by atoms with Crippen LogP contribution in [0.2, 0.25) is 0 Å². The third-order valence-corrected chi connectivity index (χ3v) is 3.23. The molecule has 0 unspecified atom stereocenters. The normalized spacial score (nSPS) is 10.3. The summed E-state index contributed by atoms with van der Waals surface area (Å²) >= 11 is 0. The summed E-state index contributed by atoms with van der Waals surface area (Å²) < 4.78 is 5.39. The molecule has 6 nitrogen and oxygen atoms in total. The molecule has 0 saturated carbocycles. The fourth-order valence-electron chi connectivity index (χ4n) is 2.32. The molecule has 2 aromatic rings. The Kier molecular flexibility index (Phi) is 4.07. The molecule has 0 fully saturated rings. The van der Waals surface area contributed by atoms with Gasteiger partial charge in [0.1, 0.15) is 11.6 Å². The van der Waals surface area contributed by atoms with Crippen molar-refractivity contribution in [1.82, 2.24) is 4.98 Å². The summed E-state index contributed by atoms with van der Waals surface area (Å²) in [4.78, 5) is 15.2. The number of aryl methyl sites for hydroxylation is 2. The first-order valence-corrected chi connectivity index (χ1v) is 6.46. The van der Waals surface area contributed by atoms with Crippen LogP contribution in [0.4, 0.5) is 11.5 Å². The second kappa shape index (κ2) is 5.78. The molecule has 0 bridgehead atoms. The molecule has 0 radical (unpaired) electrons. The molecule has 21 heavy (non-hydrogen) atoms. The molecule has 1 heterocycles. The number of pyridine rings is 1. The minimum atomic E-state index is -0.430. The van der Waals surface area contributed by atoms with Gasteiger partial charge in [-0.05, 0) is 37.1 Å². The van der Waals surface area contributed by atoms with E-state index in [1.807, 2.05) is 26.0 Å². The lowest BCUT2D eigenvalue weighted by molar-refractivity contribution is -0.384. The number of nitro groups is 1. The van der Waals surface area contributed by atoms with E-state index in [9.17, 15) is 10.1 Å². The Hall–Kier alpha value is -2.63. The largest absolute Gasteiger partial charge is 0.496 e. The Labute approximate surface area is 122 Å². The standard InChI is InChI=1S/C15H17N3O3/c1-9-7-10(2)14(12(8-9)21-4)15-11(18(19)20)5-6-13(16-3)17-15/h5-8H,1-4H3,(H,16,17). The zero-order valence-corrected chi connectivity index (χ0v) is 12.4. The number of anilines is 1. The molecular formula is C15H17N3O3. The van der Waals surface area contributed by atoms with Crippen molar-refractivity contribution >= 4 is 11.5 Å². The topological polar surface area (TPSA) is 77.3 Å². The van der Waals surface area contributed by atoms with Crippen LogP contribution in [0.15, 0.2) is 24.3 Å². The number of ether oxygens (including phenoxy) is 1. The van der Waals surface area contributed by atoms with E-state index >= 15 is 0 Å². The van der Waals surface area contributed by atoms with Crippen molar-refractivity contribution in [2.45, 2.75) is 13.8 Å². The SMILES string of the molecule is CNc1ccc([N+](=O)[O-])c(-c2c(C)cc(C)cc2OC)n1. The highest BCUT2D eigenvalue weighted by molar-refractivity contribution is 5.79. The summed E-state index contributed by atoms with van der Waals surface area (Å²) in [6, 6.07) is 6.83. The zero-order valence-electron chi connectivity index (χ0n) is 12.4. The molecule has 0 spiro atoms. The first-order chi connectivity index (χ1) is 9.97. The van der Waals surface area contributed by atoms with Crippen molar-refractivity contribution in [3.8, 4) is 17.0 Å². The van der Waals surface area contributed by atoms with E-state index in [2.05, 4.69) is 10.3 Å². The monoisotopic (exact) mass is 287 g/mol. The van der Waals surface area contributed by atoms with Crippen LogP contribution in [0.1, 0.15) is 11.1 Å². The summed E-state index contributed by atoms with van der Waals surface area (Å²) in [5.41, 5.74) is 2.82. The second-order valence-corrected chi connectivity index (χ2v) is 4.73. The highest BCUT2D eigenvalue weighted by atomic mass is 16.6. The maximum absolute atomic E-state index is 11.3. The van der Waals surface area contributed by atoms with Crippen LogP contribution in [-0.2, 0) is 0 Å². The van der Waals surface area contributed by atoms with Gasteiger partial charge < -0.3 is 10.1 Å². The van der Waals surface area contributed by atoms with E-state index in [0.29, 0.717) is 22.8 Å². The van der Waals surface area contributed by atoms with Crippen molar-refractivity contribution < 1.29 is 9.66 Å². The fraction of sp³-hybridized carbons (Fsp3) is 0.267. The number of hydrogen-bond acceptors (Lipinski definition) is 5. The number of nitrogens with one attached hydrogen (secondary N) is 1. The summed E-state index contributed by atoms with van der Waals surface area (Å²) in [6.45, 7) is 3.84. The van der Waals surface area contributed by atoms with Gasteiger partial charge in [-0.1, -0.05) is 6.07 Å². The van der Waals surface area contributed by atoms with Crippen LogP contribution in [0.25, 0.3) is 11.3 Å². The number of aromatic nitrogens is 1. The molecule has 0 saturated heterocycles. The predicted octanol–water partition coefficient (Wildman–Crippen LogP) is 3.32. The van der Waals surface area contributed by atoms with E-state index in [0.717, 1.165) is 11.1 Å². The van der Waals surface area contributed by atoms with Gasteiger partial charge in [-0.3, -0.25) is 10.1 Å². The third kappa shape index (κ3) is 2.79. The smallest absolute Gasteiger partial charge is 0.295 e. The highest BCUT2D eigenvalue weighted by Gasteiger charge is 2.22. The minimum Gasteiger partial charge on any atom is -0.496 e. The van der Waals surface area contributed by atoms with Gasteiger partial charge in [0.2, 0.25) is 0 Å². The first-order valence-electron chi connectivity index (χ1n) is 6.46. The van der Waals surface area contributed by atoms with Gasteiger partial charge >= 0.3 is 0 Å². The van der Waals surface area contributed by atoms with E-state index in [1.165, 1.54) is 6.07 Å². The molecule has 110 valence electrons. The van der Waals surface area contributed by atoms with Gasteiger partial charge in [0.25, 0.3) is 5.69 Å². The van der Waals surface area contributed by atoms with Gasteiger partial charge in [-0.25, -0.2) is 4.98 Å². The summed E-state index contributed by atoms with van der Waals surface area (Å²) in [6.07, 6.45) is 0. The van der Waals surface area contributed by atoms with Crippen LogP contribution < -0.4 is 10.1 Å². The number of benzene rings is 1. The van der Waals surface area contributed by atoms with Crippen LogP contribution >= 0.6 is 0 Å². The number of rotatable bonds is 4. The van der Waals surface area contributed by atoms with Gasteiger partial charge in [0, 0.05) is 13.1 Å². The lowest BCUT2D eigenvalue weighted by Gasteiger charge is -2.13. The number of nitrogens with zero attached hydrogens (tertiary/aromatic N) is 2. The molecular weight excluding hydrogens is 270 g/mol. The Bertz CT molecular complexity index is 699. The average Bonchev–Trinajstić information content (AvgIpc) is 2.45.